The first kappa shape index (κ1) is 56.5. The predicted octanol–water partition coefficient (Wildman–Crippen LogP) is 13.8. The molecule has 0 aromatic heterocycles. The molecule has 8 heteroatoms. The number of carbonyl (C=O) groups excluding carboxylic acids is 2. The molecule has 0 radical (unpaired) electrons. The highest BCUT2D eigenvalue weighted by Crippen LogP contribution is 2.16. The molecule has 0 aromatic carbocycles. The van der Waals surface area contributed by atoms with Crippen molar-refractivity contribution in [3.8, 4) is 0 Å². The topological polar surface area (TPSA) is 99.1 Å². The minimum atomic E-state index is -0.874. The Hall–Kier alpha value is -2.45. The molecule has 0 spiro atoms. The summed E-state index contributed by atoms with van der Waals surface area (Å²) in [5.41, 5.74) is 0. The molecule has 0 rings (SSSR count). The Balaban J connectivity index is 4.25. The fourth-order valence-corrected chi connectivity index (χ4v) is 7.28. The maximum absolute atomic E-state index is 12.8. The van der Waals surface area contributed by atoms with Crippen molar-refractivity contribution in [1.29, 1.82) is 0 Å². The van der Waals surface area contributed by atoms with E-state index < -0.39 is 18.1 Å². The van der Waals surface area contributed by atoms with Crippen LogP contribution in [0.1, 0.15) is 219 Å². The second kappa shape index (κ2) is 42.2. The number of esters is 2. The van der Waals surface area contributed by atoms with Gasteiger partial charge in [0.1, 0.15) is 6.61 Å². The standard InChI is InChI=1S/C51H93NO7/c1-6-8-10-12-14-16-18-20-22-24-25-26-28-29-31-33-35-37-39-41-49(53)58-46-47(45-57-44-43-48(51(55)56)52(3,4)5)59-50(54)42-40-38-36-34-32-30-27-23-21-19-17-15-13-11-9-7-2/h8,10,14,16,20,22,47-48H,6-7,9,11-13,15,17-19,21,23-46H2,1-5H3/p+1/b10-8+,16-14+,22-20+. The largest absolute Gasteiger partial charge is 0.477 e. The minimum Gasteiger partial charge on any atom is -0.477 e. The highest BCUT2D eigenvalue weighted by molar-refractivity contribution is 5.72. The quantitative estimate of drug-likeness (QED) is 0.0282. The molecular weight excluding hydrogens is 739 g/mol. The van der Waals surface area contributed by atoms with Crippen LogP contribution in [-0.4, -0.2) is 80.6 Å². The zero-order valence-corrected chi connectivity index (χ0v) is 39.2. The third kappa shape index (κ3) is 40.7. The Morgan fingerprint density at radius 1 is 0.525 bits per heavy atom. The first-order chi connectivity index (χ1) is 28.6. The number of nitrogens with zero attached hydrogens (tertiary/aromatic N) is 1. The van der Waals surface area contributed by atoms with Crippen molar-refractivity contribution in [1.82, 2.24) is 0 Å². The number of hydrogen-bond acceptors (Lipinski definition) is 6. The maximum atomic E-state index is 12.8. The highest BCUT2D eigenvalue weighted by Gasteiger charge is 2.31. The second-order valence-electron chi connectivity index (χ2n) is 17.7. The van der Waals surface area contributed by atoms with E-state index in [0.29, 0.717) is 19.3 Å². The molecule has 0 amide bonds. The van der Waals surface area contributed by atoms with E-state index in [9.17, 15) is 19.5 Å². The number of carbonyl (C=O) groups is 3. The zero-order valence-electron chi connectivity index (χ0n) is 39.2. The number of allylic oxidation sites excluding steroid dienone is 6. The molecule has 8 nitrogen and oxygen atoms in total. The number of hydrogen-bond donors (Lipinski definition) is 1. The van der Waals surface area contributed by atoms with Crippen molar-refractivity contribution in [2.75, 3.05) is 41.0 Å². The lowest BCUT2D eigenvalue weighted by molar-refractivity contribution is -0.887. The summed E-state index contributed by atoms with van der Waals surface area (Å²) < 4.78 is 17.3. The van der Waals surface area contributed by atoms with E-state index in [2.05, 4.69) is 50.3 Å². The van der Waals surface area contributed by atoms with E-state index in [0.717, 1.165) is 57.8 Å². The molecule has 0 aliphatic carbocycles. The Bertz CT molecular complexity index is 1060. The average Bonchev–Trinajstić information content (AvgIpc) is 3.19. The Labute approximate surface area is 364 Å². The number of ether oxygens (including phenoxy) is 3. The van der Waals surface area contributed by atoms with E-state index >= 15 is 0 Å². The molecule has 0 saturated heterocycles. The van der Waals surface area contributed by atoms with Gasteiger partial charge < -0.3 is 23.8 Å². The molecule has 344 valence electrons. The van der Waals surface area contributed by atoms with Crippen LogP contribution in [0.25, 0.3) is 0 Å². The molecule has 0 aromatic rings. The maximum Gasteiger partial charge on any atom is 0.362 e. The van der Waals surface area contributed by atoms with Crippen molar-refractivity contribution in [2.45, 2.75) is 231 Å². The number of unbranched alkanes of at least 4 members (excludes halogenated alkanes) is 24. The summed E-state index contributed by atoms with van der Waals surface area (Å²) in [5.74, 6) is -1.46. The van der Waals surface area contributed by atoms with Crippen LogP contribution in [0.5, 0.6) is 0 Å². The summed E-state index contributed by atoms with van der Waals surface area (Å²) >= 11 is 0. The highest BCUT2D eigenvalue weighted by atomic mass is 16.6. The van der Waals surface area contributed by atoms with E-state index in [1.165, 1.54) is 128 Å². The molecule has 0 aliphatic rings. The van der Waals surface area contributed by atoms with Crippen LogP contribution in [0.2, 0.25) is 0 Å². The number of rotatable bonds is 44. The van der Waals surface area contributed by atoms with Gasteiger partial charge in [0.15, 0.2) is 12.1 Å². The van der Waals surface area contributed by atoms with Crippen LogP contribution in [-0.2, 0) is 28.6 Å². The molecule has 1 N–H and O–H groups in total. The van der Waals surface area contributed by atoms with Gasteiger partial charge in [-0.3, -0.25) is 9.59 Å². The number of carboxylic acids is 1. The lowest BCUT2D eigenvalue weighted by atomic mass is 10.0. The van der Waals surface area contributed by atoms with Crippen LogP contribution in [0.3, 0.4) is 0 Å². The van der Waals surface area contributed by atoms with Crippen LogP contribution in [0.4, 0.5) is 0 Å². The van der Waals surface area contributed by atoms with Gasteiger partial charge in [-0.25, -0.2) is 4.79 Å². The summed E-state index contributed by atoms with van der Waals surface area (Å²) in [6.07, 6.45) is 49.0. The molecule has 0 saturated carbocycles. The smallest absolute Gasteiger partial charge is 0.362 e. The van der Waals surface area contributed by atoms with E-state index in [-0.39, 0.29) is 36.2 Å². The van der Waals surface area contributed by atoms with Gasteiger partial charge in [-0.15, -0.1) is 0 Å². The van der Waals surface area contributed by atoms with Crippen molar-refractivity contribution < 1.29 is 38.2 Å². The van der Waals surface area contributed by atoms with Gasteiger partial charge >= 0.3 is 17.9 Å². The Kier molecular flexibility index (Phi) is 40.5. The second-order valence-corrected chi connectivity index (χ2v) is 17.7. The average molecular weight is 833 g/mol. The van der Waals surface area contributed by atoms with E-state index in [1.54, 1.807) is 0 Å². The summed E-state index contributed by atoms with van der Waals surface area (Å²) in [6, 6.07) is -0.614. The number of aliphatic carboxylic acids is 1. The lowest BCUT2D eigenvalue weighted by Crippen LogP contribution is -2.50. The zero-order chi connectivity index (χ0) is 43.5. The summed E-state index contributed by atoms with van der Waals surface area (Å²) in [6.45, 7) is 4.65. The SMILES string of the molecule is CC/C=C/C/C=C/C/C=C/CCCCCCCCCCCC(=O)OCC(COCCC(C(=O)O)[N+](C)(C)C)OC(=O)CCCCCCCCCCCCCCCCCC. The van der Waals surface area contributed by atoms with Gasteiger partial charge in [0.2, 0.25) is 0 Å². The van der Waals surface area contributed by atoms with Crippen LogP contribution in [0, 0.1) is 0 Å². The first-order valence-electron chi connectivity index (χ1n) is 24.5. The van der Waals surface area contributed by atoms with Crippen molar-refractivity contribution in [2.24, 2.45) is 0 Å². The Morgan fingerprint density at radius 3 is 1.41 bits per heavy atom. The summed E-state index contributed by atoms with van der Waals surface area (Å²) in [4.78, 5) is 37.1. The van der Waals surface area contributed by atoms with Crippen molar-refractivity contribution >= 4 is 17.9 Å². The van der Waals surface area contributed by atoms with E-state index in [1.807, 2.05) is 21.1 Å². The molecule has 0 bridgehead atoms. The normalized spacial score (nSPS) is 13.2. The number of carboxylic acid groups (broad SMARTS) is 1. The van der Waals surface area contributed by atoms with E-state index in [4.69, 9.17) is 14.2 Å². The molecule has 2 unspecified atom stereocenters. The lowest BCUT2D eigenvalue weighted by Gasteiger charge is -2.31. The summed E-state index contributed by atoms with van der Waals surface area (Å²) in [7, 11) is 5.54. The van der Waals surface area contributed by atoms with Crippen LogP contribution in [0.15, 0.2) is 36.5 Å². The third-order valence-corrected chi connectivity index (χ3v) is 11.1. The predicted molar refractivity (Wildman–Crippen MR) is 248 cm³/mol. The fourth-order valence-electron chi connectivity index (χ4n) is 7.28. The molecule has 0 aliphatic heterocycles. The molecular formula is C51H94NO7+. The minimum absolute atomic E-state index is 0.0506. The fraction of sp³-hybridized carbons (Fsp3) is 0.824. The molecule has 0 heterocycles. The van der Waals surface area contributed by atoms with Gasteiger partial charge in [0.25, 0.3) is 0 Å². The van der Waals surface area contributed by atoms with Crippen molar-refractivity contribution in [3.63, 3.8) is 0 Å². The van der Waals surface area contributed by atoms with Gasteiger partial charge in [0.05, 0.1) is 34.4 Å². The van der Waals surface area contributed by atoms with Gasteiger partial charge in [-0.1, -0.05) is 192 Å². The van der Waals surface area contributed by atoms with Crippen molar-refractivity contribution in [3.05, 3.63) is 36.5 Å². The monoisotopic (exact) mass is 833 g/mol. The van der Waals surface area contributed by atoms with Crippen LogP contribution >= 0.6 is 0 Å². The van der Waals surface area contributed by atoms with Gasteiger partial charge in [-0.2, -0.15) is 0 Å². The molecule has 59 heavy (non-hydrogen) atoms. The van der Waals surface area contributed by atoms with Crippen LogP contribution < -0.4 is 0 Å². The molecule has 0 fully saturated rings. The summed E-state index contributed by atoms with van der Waals surface area (Å²) in [5, 5.41) is 9.64. The Morgan fingerprint density at radius 2 is 0.949 bits per heavy atom. The molecule has 2 atom stereocenters. The van der Waals surface area contributed by atoms with Gasteiger partial charge in [-0.05, 0) is 44.9 Å². The third-order valence-electron chi connectivity index (χ3n) is 11.1. The van der Waals surface area contributed by atoms with Gasteiger partial charge in [0, 0.05) is 19.3 Å². The number of quaternary nitrogens is 1. The first-order valence-corrected chi connectivity index (χ1v) is 24.5. The number of likely N-dealkylation sites (N-methyl/N-ethyl adjacent to an activating group) is 1.